The topological polar surface area (TPSA) is 237 Å². The normalized spacial score (nSPS) is 14.2. The van der Waals surface area contributed by atoms with E-state index in [1.165, 1.54) is 238 Å². The van der Waals surface area contributed by atoms with Crippen LogP contribution in [0.3, 0.4) is 0 Å². The van der Waals surface area contributed by atoms with Crippen LogP contribution >= 0.6 is 15.6 Å². The highest BCUT2D eigenvalue weighted by Crippen LogP contribution is 2.45. The quantitative estimate of drug-likeness (QED) is 0.0222. The average molecular weight is 1480 g/mol. The third kappa shape index (κ3) is 74.7. The largest absolute Gasteiger partial charge is 0.472 e. The summed E-state index contributed by atoms with van der Waals surface area (Å²) in [7, 11) is -9.92. The highest BCUT2D eigenvalue weighted by molar-refractivity contribution is 7.47. The van der Waals surface area contributed by atoms with E-state index in [-0.39, 0.29) is 25.7 Å². The lowest BCUT2D eigenvalue weighted by atomic mass is 9.99. The molecule has 0 aromatic heterocycles. The number of hydrogen-bond acceptors (Lipinski definition) is 15. The lowest BCUT2D eigenvalue weighted by Crippen LogP contribution is -2.30. The summed E-state index contributed by atoms with van der Waals surface area (Å²) in [6.45, 7) is 12.0. The Morgan fingerprint density at radius 2 is 0.505 bits per heavy atom. The Hall–Kier alpha value is -1.94. The van der Waals surface area contributed by atoms with Crippen molar-refractivity contribution in [3.63, 3.8) is 0 Å². The Balaban J connectivity index is 5.28. The number of aliphatic hydroxyl groups excluding tert-OH is 1. The van der Waals surface area contributed by atoms with Gasteiger partial charge in [0.1, 0.15) is 19.3 Å². The SMILES string of the molecule is CCCCCCCCCCCCCCCC(=O)OC[C@H](COP(=O)(O)OC[C@H](O)COP(=O)(O)OC[C@@H](COC(=O)CCCCCCCCCCCCCCC(C)C)OC(=O)CCCCCCCCCCCCCCCCC(C)CC)OC(=O)CCCCCCCCCCCCCCC(C)C. The number of aliphatic hydroxyl groups is 1. The molecule has 3 N–H and O–H groups in total. The minimum Gasteiger partial charge on any atom is -0.462 e. The molecule has 0 rings (SSSR count). The van der Waals surface area contributed by atoms with Crippen LogP contribution in [0.4, 0.5) is 0 Å². The summed E-state index contributed by atoms with van der Waals surface area (Å²) in [5.74, 6) is 0.297. The number of carbonyl (C=O) groups excluding carboxylic acids is 4. The van der Waals surface area contributed by atoms with Gasteiger partial charge < -0.3 is 33.8 Å². The number of rotatable bonds is 80. The molecule has 0 aliphatic heterocycles. The number of phosphoric ester groups is 2. The highest BCUT2D eigenvalue weighted by atomic mass is 31.2. The highest BCUT2D eigenvalue weighted by Gasteiger charge is 2.30. The molecule has 19 heteroatoms. The summed E-state index contributed by atoms with van der Waals surface area (Å²) in [5.41, 5.74) is 0. The minimum absolute atomic E-state index is 0.107. The van der Waals surface area contributed by atoms with Gasteiger partial charge in [-0.3, -0.25) is 37.3 Å². The van der Waals surface area contributed by atoms with E-state index in [2.05, 4.69) is 48.5 Å². The molecule has 0 amide bonds. The Labute approximate surface area is 619 Å². The molecule has 0 aromatic carbocycles. The molecule has 0 bridgehead atoms. The maximum Gasteiger partial charge on any atom is 0.472 e. The molecule has 0 saturated carbocycles. The first-order chi connectivity index (χ1) is 48.8. The standard InChI is InChI=1S/C82H160O17P2/c1-8-10-11-12-13-14-15-18-28-35-42-49-56-63-79(84)92-69-78(99-82(87)66-59-52-45-38-31-24-22-26-33-40-47-54-61-74(5)6)72-97-101(90,91)95-68-76(83)67-94-100(88,89)96-71-77(70-93-80(85)64-57-50-43-36-29-23-21-25-32-39-46-53-60-73(3)4)98-81(86)65-58-51-44-37-30-20-17-16-19-27-34-41-48-55-62-75(7)9-2/h73-78,83H,8-72H2,1-7H3,(H,88,89)(H,90,91)/t75?,76-,77-,78-/m1/s1. The molecule has 0 radical (unpaired) electrons. The average Bonchev–Trinajstić information content (AvgIpc) is 0.967. The van der Waals surface area contributed by atoms with Gasteiger partial charge in [0.05, 0.1) is 26.4 Å². The van der Waals surface area contributed by atoms with Crippen LogP contribution in [0.5, 0.6) is 0 Å². The predicted octanol–water partition coefficient (Wildman–Crippen LogP) is 24.5. The monoisotopic (exact) mass is 1480 g/mol. The molecule has 0 spiro atoms. The van der Waals surface area contributed by atoms with Crippen LogP contribution in [0.25, 0.3) is 0 Å². The fourth-order valence-corrected chi connectivity index (χ4v) is 14.2. The van der Waals surface area contributed by atoms with E-state index in [0.717, 1.165) is 108 Å². The minimum atomic E-state index is -4.96. The molecular formula is C82H160O17P2. The summed E-state index contributed by atoms with van der Waals surface area (Å²) >= 11 is 0. The molecule has 0 aliphatic rings. The first-order valence-electron chi connectivity index (χ1n) is 42.4. The lowest BCUT2D eigenvalue weighted by Gasteiger charge is -2.21. The van der Waals surface area contributed by atoms with Crippen molar-refractivity contribution < 1.29 is 80.2 Å². The van der Waals surface area contributed by atoms with Gasteiger partial charge in [0, 0.05) is 25.7 Å². The number of ether oxygens (including phenoxy) is 4. The summed E-state index contributed by atoms with van der Waals surface area (Å²) < 4.78 is 68.8. The van der Waals surface area contributed by atoms with Gasteiger partial charge in [-0.2, -0.15) is 0 Å². The van der Waals surface area contributed by atoms with E-state index in [1.54, 1.807) is 0 Å². The molecule has 3 unspecified atom stereocenters. The van der Waals surface area contributed by atoms with Crippen molar-refractivity contribution in [2.75, 3.05) is 39.6 Å². The zero-order valence-corrected chi connectivity index (χ0v) is 68.2. The van der Waals surface area contributed by atoms with Gasteiger partial charge >= 0.3 is 39.5 Å². The number of hydrogen-bond donors (Lipinski definition) is 3. The van der Waals surface area contributed by atoms with Crippen LogP contribution in [-0.4, -0.2) is 96.7 Å². The molecule has 600 valence electrons. The number of carbonyl (C=O) groups is 4. The molecule has 0 heterocycles. The zero-order chi connectivity index (χ0) is 74.4. The van der Waals surface area contributed by atoms with Gasteiger partial charge in [-0.25, -0.2) is 9.13 Å². The molecule has 101 heavy (non-hydrogen) atoms. The van der Waals surface area contributed by atoms with E-state index in [9.17, 15) is 43.2 Å². The summed E-state index contributed by atoms with van der Waals surface area (Å²) in [6.07, 6.45) is 60.8. The van der Waals surface area contributed by atoms with E-state index in [1.807, 2.05) is 0 Å². The predicted molar refractivity (Wildman–Crippen MR) is 414 cm³/mol. The van der Waals surface area contributed by atoms with Crippen molar-refractivity contribution in [2.45, 2.75) is 446 Å². The summed E-state index contributed by atoms with van der Waals surface area (Å²) in [6, 6.07) is 0. The Bertz CT molecular complexity index is 1960. The van der Waals surface area contributed by atoms with Gasteiger partial charge in [-0.1, -0.05) is 376 Å². The van der Waals surface area contributed by atoms with Crippen LogP contribution in [0, 0.1) is 17.8 Å². The van der Waals surface area contributed by atoms with Gasteiger partial charge in [-0.05, 0) is 43.4 Å². The second-order valence-electron chi connectivity index (χ2n) is 30.7. The van der Waals surface area contributed by atoms with Crippen LogP contribution in [0.15, 0.2) is 0 Å². The maximum absolute atomic E-state index is 13.1. The number of unbranched alkanes of at least 4 members (excludes halogenated alkanes) is 47. The smallest absolute Gasteiger partial charge is 0.462 e. The van der Waals surface area contributed by atoms with Gasteiger partial charge in [0.25, 0.3) is 0 Å². The number of esters is 4. The van der Waals surface area contributed by atoms with Crippen LogP contribution in [-0.2, 0) is 65.4 Å². The van der Waals surface area contributed by atoms with Crippen molar-refractivity contribution in [1.82, 2.24) is 0 Å². The van der Waals surface area contributed by atoms with Crippen molar-refractivity contribution >= 4 is 39.5 Å². The first kappa shape index (κ1) is 99.1. The van der Waals surface area contributed by atoms with Crippen LogP contribution in [0.2, 0.25) is 0 Å². The van der Waals surface area contributed by atoms with Gasteiger partial charge in [-0.15, -0.1) is 0 Å². The Kier molecular flexibility index (Phi) is 70.9. The van der Waals surface area contributed by atoms with Crippen molar-refractivity contribution in [3.8, 4) is 0 Å². The molecule has 6 atom stereocenters. The van der Waals surface area contributed by atoms with Crippen LogP contribution in [0.1, 0.15) is 427 Å². The third-order valence-corrected chi connectivity index (χ3v) is 21.4. The van der Waals surface area contributed by atoms with Crippen molar-refractivity contribution in [2.24, 2.45) is 17.8 Å². The second-order valence-corrected chi connectivity index (χ2v) is 33.6. The molecule has 0 aliphatic carbocycles. The summed E-state index contributed by atoms with van der Waals surface area (Å²) in [5, 5.41) is 10.7. The second kappa shape index (κ2) is 72.3. The zero-order valence-electron chi connectivity index (χ0n) is 66.4. The molecular weight excluding hydrogens is 1320 g/mol. The maximum atomic E-state index is 13.1. The molecule has 0 saturated heterocycles. The molecule has 0 aromatic rings. The van der Waals surface area contributed by atoms with Crippen LogP contribution < -0.4 is 0 Å². The first-order valence-corrected chi connectivity index (χ1v) is 45.4. The Morgan fingerprint density at radius 1 is 0.287 bits per heavy atom. The van der Waals surface area contributed by atoms with Gasteiger partial charge in [0.2, 0.25) is 0 Å². The van der Waals surface area contributed by atoms with Crippen molar-refractivity contribution in [3.05, 3.63) is 0 Å². The molecule has 17 nitrogen and oxygen atoms in total. The number of phosphoric acid groups is 2. The lowest BCUT2D eigenvalue weighted by molar-refractivity contribution is -0.161. The fourth-order valence-electron chi connectivity index (χ4n) is 12.6. The fraction of sp³-hybridized carbons (Fsp3) is 0.951. The van der Waals surface area contributed by atoms with E-state index in [0.29, 0.717) is 25.7 Å². The van der Waals surface area contributed by atoms with E-state index < -0.39 is 97.5 Å². The van der Waals surface area contributed by atoms with Crippen molar-refractivity contribution in [1.29, 1.82) is 0 Å². The van der Waals surface area contributed by atoms with E-state index >= 15 is 0 Å². The molecule has 0 fully saturated rings. The van der Waals surface area contributed by atoms with Gasteiger partial charge in [0.15, 0.2) is 12.2 Å². The third-order valence-electron chi connectivity index (χ3n) is 19.5. The van der Waals surface area contributed by atoms with E-state index in [4.69, 9.17) is 37.0 Å². The Morgan fingerprint density at radius 3 is 0.752 bits per heavy atom. The summed E-state index contributed by atoms with van der Waals surface area (Å²) in [4.78, 5) is 73.1.